The molecule has 28 heavy (non-hydrogen) atoms. The maximum Gasteiger partial charge on any atom is 0.268 e. The molecule has 0 bridgehead atoms. The first kappa shape index (κ1) is 19.8. The zero-order valence-electron chi connectivity index (χ0n) is 16.2. The molecule has 7 nitrogen and oxygen atoms in total. The first-order valence-corrected chi connectivity index (χ1v) is 10.2. The molecule has 0 saturated heterocycles. The first-order valence-electron chi connectivity index (χ1n) is 8.75. The maximum atomic E-state index is 13.0. The Hall–Kier alpha value is -3.00. The van der Waals surface area contributed by atoms with Crippen LogP contribution in [-0.2, 0) is 16.6 Å². The van der Waals surface area contributed by atoms with E-state index in [9.17, 15) is 13.2 Å². The number of carbonyl (C=O) groups is 1. The van der Waals surface area contributed by atoms with Crippen molar-refractivity contribution in [2.45, 2.75) is 39.1 Å². The molecule has 2 heterocycles. The summed E-state index contributed by atoms with van der Waals surface area (Å²) >= 11 is 0. The van der Waals surface area contributed by atoms with E-state index in [4.69, 9.17) is 0 Å². The average molecular weight is 398 g/mol. The Bertz CT molecular complexity index is 1110. The van der Waals surface area contributed by atoms with Gasteiger partial charge >= 0.3 is 0 Å². The Labute approximate surface area is 164 Å². The van der Waals surface area contributed by atoms with Gasteiger partial charge in [0.2, 0.25) is 0 Å². The lowest BCUT2D eigenvalue weighted by molar-refractivity contribution is 0.0950. The first-order chi connectivity index (χ1) is 13.2. The standard InChI is InChI=1S/C20H22N4O3S/c1-13-7-14(2)19(15(3)8-13)28(26,27)24-6-5-17(12-24)20(25)23-11-18-10-21-16(4)9-22-18/h5-10,12H,11H2,1-4H3,(H,23,25). The van der Waals surface area contributed by atoms with Crippen molar-refractivity contribution in [2.24, 2.45) is 0 Å². The van der Waals surface area contributed by atoms with Crippen molar-refractivity contribution in [1.82, 2.24) is 19.3 Å². The van der Waals surface area contributed by atoms with E-state index in [2.05, 4.69) is 15.3 Å². The number of carbonyl (C=O) groups excluding carboxylic acids is 1. The van der Waals surface area contributed by atoms with Gasteiger partial charge in [0.1, 0.15) is 0 Å². The molecule has 0 radical (unpaired) electrons. The number of hydrogen-bond donors (Lipinski definition) is 1. The van der Waals surface area contributed by atoms with Crippen molar-refractivity contribution >= 4 is 15.9 Å². The van der Waals surface area contributed by atoms with Gasteiger partial charge in [0.15, 0.2) is 0 Å². The number of aryl methyl sites for hydroxylation is 4. The predicted octanol–water partition coefficient (Wildman–Crippen LogP) is 2.68. The van der Waals surface area contributed by atoms with Crippen molar-refractivity contribution in [2.75, 3.05) is 0 Å². The summed E-state index contributed by atoms with van der Waals surface area (Å²) in [6.45, 7) is 7.50. The van der Waals surface area contributed by atoms with Gasteiger partial charge in [0, 0.05) is 18.6 Å². The highest BCUT2D eigenvalue weighted by atomic mass is 32.2. The van der Waals surface area contributed by atoms with Crippen molar-refractivity contribution in [3.63, 3.8) is 0 Å². The van der Waals surface area contributed by atoms with Crippen LogP contribution >= 0.6 is 0 Å². The number of nitrogens with one attached hydrogen (secondary N) is 1. The van der Waals surface area contributed by atoms with E-state index in [-0.39, 0.29) is 22.9 Å². The molecule has 0 aliphatic rings. The Morgan fingerprint density at radius 1 is 1.07 bits per heavy atom. The second kappa shape index (κ2) is 7.55. The van der Waals surface area contributed by atoms with Gasteiger partial charge in [-0.3, -0.25) is 14.8 Å². The quantitative estimate of drug-likeness (QED) is 0.713. The number of aromatic nitrogens is 3. The van der Waals surface area contributed by atoms with Gasteiger partial charge in [-0.1, -0.05) is 17.7 Å². The van der Waals surface area contributed by atoms with Crippen LogP contribution in [0.25, 0.3) is 0 Å². The van der Waals surface area contributed by atoms with Crippen LogP contribution in [0, 0.1) is 27.7 Å². The molecular formula is C20H22N4O3S. The van der Waals surface area contributed by atoms with E-state index in [0.29, 0.717) is 16.8 Å². The Balaban J connectivity index is 1.81. The summed E-state index contributed by atoms with van der Waals surface area (Å²) in [7, 11) is -3.79. The fourth-order valence-corrected chi connectivity index (χ4v) is 4.74. The molecule has 0 fully saturated rings. The van der Waals surface area contributed by atoms with Crippen LogP contribution in [0.15, 0.2) is 47.9 Å². The lowest BCUT2D eigenvalue weighted by Crippen LogP contribution is -2.23. The second-order valence-corrected chi connectivity index (χ2v) is 8.57. The van der Waals surface area contributed by atoms with Gasteiger partial charge in [-0.25, -0.2) is 12.4 Å². The SMILES string of the molecule is Cc1cc(C)c(S(=O)(=O)n2ccc(C(=O)NCc3cnc(C)cn3)c2)c(C)c1. The molecule has 0 saturated carbocycles. The summed E-state index contributed by atoms with van der Waals surface area (Å²) < 4.78 is 27.2. The molecule has 0 aliphatic carbocycles. The third-order valence-corrected chi connectivity index (χ3v) is 6.28. The van der Waals surface area contributed by atoms with Gasteiger partial charge in [-0.15, -0.1) is 0 Å². The highest BCUT2D eigenvalue weighted by Gasteiger charge is 2.23. The topological polar surface area (TPSA) is 94.0 Å². The van der Waals surface area contributed by atoms with Crippen molar-refractivity contribution < 1.29 is 13.2 Å². The number of hydrogen-bond acceptors (Lipinski definition) is 5. The van der Waals surface area contributed by atoms with Crippen molar-refractivity contribution in [1.29, 1.82) is 0 Å². The summed E-state index contributed by atoms with van der Waals surface area (Å²) in [5, 5.41) is 2.72. The molecule has 0 unspecified atom stereocenters. The van der Waals surface area contributed by atoms with Crippen LogP contribution in [-0.4, -0.2) is 28.3 Å². The van der Waals surface area contributed by atoms with Gasteiger partial charge in [-0.05, 0) is 44.9 Å². The minimum absolute atomic E-state index is 0.209. The maximum absolute atomic E-state index is 13.0. The van der Waals surface area contributed by atoms with Crippen molar-refractivity contribution in [3.05, 3.63) is 76.6 Å². The molecular weight excluding hydrogens is 376 g/mol. The third kappa shape index (κ3) is 3.96. The molecule has 0 aliphatic heterocycles. The van der Waals surface area contributed by atoms with Crippen LogP contribution in [0.2, 0.25) is 0 Å². The van der Waals surface area contributed by atoms with Gasteiger partial charge < -0.3 is 5.32 Å². The zero-order chi connectivity index (χ0) is 20.5. The van der Waals surface area contributed by atoms with E-state index in [1.807, 2.05) is 26.0 Å². The second-order valence-electron chi connectivity index (χ2n) is 6.79. The normalized spacial score (nSPS) is 11.4. The molecule has 146 valence electrons. The summed E-state index contributed by atoms with van der Waals surface area (Å²) in [5.74, 6) is -0.381. The lowest BCUT2D eigenvalue weighted by Gasteiger charge is -2.13. The van der Waals surface area contributed by atoms with Gasteiger partial charge in [-0.2, -0.15) is 0 Å². The smallest absolute Gasteiger partial charge is 0.268 e. The van der Waals surface area contributed by atoms with Gasteiger partial charge in [0.25, 0.3) is 15.9 Å². The summed E-state index contributed by atoms with van der Waals surface area (Å²) in [5.41, 5.74) is 4.02. The van der Waals surface area contributed by atoms with Crippen LogP contribution in [0.4, 0.5) is 0 Å². The van der Waals surface area contributed by atoms with E-state index < -0.39 is 10.0 Å². The zero-order valence-corrected chi connectivity index (χ0v) is 17.0. The third-order valence-electron chi connectivity index (χ3n) is 4.33. The number of benzene rings is 1. The summed E-state index contributed by atoms with van der Waals surface area (Å²) in [4.78, 5) is 20.9. The predicted molar refractivity (Wildman–Crippen MR) is 106 cm³/mol. The number of rotatable bonds is 5. The van der Waals surface area contributed by atoms with E-state index in [0.717, 1.165) is 15.2 Å². The largest absolute Gasteiger partial charge is 0.346 e. The fourth-order valence-electron chi connectivity index (χ4n) is 3.12. The molecule has 3 aromatic rings. The Morgan fingerprint density at radius 3 is 2.36 bits per heavy atom. The van der Waals surface area contributed by atoms with Crippen LogP contribution in [0.5, 0.6) is 0 Å². The molecule has 8 heteroatoms. The van der Waals surface area contributed by atoms with E-state index in [1.54, 1.807) is 26.2 Å². The molecule has 0 spiro atoms. The molecule has 3 rings (SSSR count). The molecule has 1 aromatic carbocycles. The van der Waals surface area contributed by atoms with E-state index >= 15 is 0 Å². The number of amides is 1. The minimum atomic E-state index is -3.79. The fraction of sp³-hybridized carbons (Fsp3) is 0.250. The Morgan fingerprint density at radius 2 is 1.75 bits per heavy atom. The van der Waals surface area contributed by atoms with Crippen LogP contribution in [0.1, 0.15) is 38.4 Å². The van der Waals surface area contributed by atoms with Crippen LogP contribution in [0.3, 0.4) is 0 Å². The average Bonchev–Trinajstić information content (AvgIpc) is 3.11. The van der Waals surface area contributed by atoms with E-state index in [1.165, 1.54) is 18.5 Å². The highest BCUT2D eigenvalue weighted by molar-refractivity contribution is 7.90. The number of nitrogens with zero attached hydrogens (tertiary/aromatic N) is 3. The molecule has 1 amide bonds. The summed E-state index contributed by atoms with van der Waals surface area (Å²) in [6.07, 6.45) is 5.92. The highest BCUT2D eigenvalue weighted by Crippen LogP contribution is 2.24. The molecule has 2 aromatic heterocycles. The van der Waals surface area contributed by atoms with Crippen LogP contribution < -0.4 is 5.32 Å². The molecule has 0 atom stereocenters. The minimum Gasteiger partial charge on any atom is -0.346 e. The Kier molecular flexibility index (Phi) is 5.33. The monoisotopic (exact) mass is 398 g/mol. The van der Waals surface area contributed by atoms with Crippen molar-refractivity contribution in [3.8, 4) is 0 Å². The summed E-state index contributed by atoms with van der Waals surface area (Å²) in [6, 6.07) is 5.14. The molecule has 1 N–H and O–H groups in total. The van der Waals surface area contributed by atoms with Gasteiger partial charge in [0.05, 0.1) is 34.6 Å². The lowest BCUT2D eigenvalue weighted by atomic mass is 10.1.